The number of hydrogen-bond donors (Lipinski definition) is 2. The Morgan fingerprint density at radius 1 is 1.40 bits per heavy atom. The van der Waals surface area contributed by atoms with Gasteiger partial charge in [-0.3, -0.25) is 4.79 Å². The molecule has 1 unspecified atom stereocenters. The Hall–Kier alpha value is -1.35. The summed E-state index contributed by atoms with van der Waals surface area (Å²) in [6, 6.07) is 5.64. The fourth-order valence-electron chi connectivity index (χ4n) is 1.91. The molecule has 1 aliphatic rings. The van der Waals surface area contributed by atoms with E-state index >= 15 is 0 Å². The summed E-state index contributed by atoms with van der Waals surface area (Å²) in [6.45, 7) is 1.68. The van der Waals surface area contributed by atoms with Crippen molar-refractivity contribution in [3.05, 3.63) is 29.3 Å². The number of aryl methyl sites for hydroxylation is 2. The average molecular weight is 204 g/mol. The molecule has 1 aromatic rings. The van der Waals surface area contributed by atoms with E-state index in [1.807, 2.05) is 6.07 Å². The van der Waals surface area contributed by atoms with E-state index in [-0.39, 0.29) is 5.91 Å². The summed E-state index contributed by atoms with van der Waals surface area (Å²) in [5.41, 5.74) is 9.11. The monoisotopic (exact) mass is 204 g/mol. The van der Waals surface area contributed by atoms with E-state index in [0.717, 1.165) is 18.5 Å². The number of benzene rings is 1. The first-order valence-corrected chi connectivity index (χ1v) is 5.35. The van der Waals surface area contributed by atoms with E-state index < -0.39 is 6.04 Å². The third-order valence-electron chi connectivity index (χ3n) is 2.78. The molecule has 0 fully saturated rings. The molecule has 2 rings (SSSR count). The number of carbonyl (C=O) groups is 1. The molecule has 0 heterocycles. The van der Waals surface area contributed by atoms with Crippen molar-refractivity contribution in [1.29, 1.82) is 0 Å². The highest BCUT2D eigenvalue weighted by atomic mass is 16.2. The zero-order valence-corrected chi connectivity index (χ0v) is 8.92. The van der Waals surface area contributed by atoms with Crippen LogP contribution in [0.5, 0.6) is 0 Å². The molecule has 1 aromatic carbocycles. The maximum atomic E-state index is 11.4. The normalized spacial score (nSPS) is 15.9. The van der Waals surface area contributed by atoms with Crippen molar-refractivity contribution in [3.8, 4) is 0 Å². The number of nitrogens with one attached hydrogen (secondary N) is 1. The fourth-order valence-corrected chi connectivity index (χ4v) is 1.91. The van der Waals surface area contributed by atoms with Gasteiger partial charge in [-0.05, 0) is 49.4 Å². The average Bonchev–Trinajstić information content (AvgIpc) is 2.64. The minimum Gasteiger partial charge on any atom is -0.325 e. The molecular weight excluding hydrogens is 188 g/mol. The van der Waals surface area contributed by atoms with Crippen molar-refractivity contribution in [2.45, 2.75) is 32.2 Å². The lowest BCUT2D eigenvalue weighted by Gasteiger charge is -2.09. The lowest BCUT2D eigenvalue weighted by atomic mass is 10.1. The van der Waals surface area contributed by atoms with E-state index in [1.165, 1.54) is 17.5 Å². The van der Waals surface area contributed by atoms with Gasteiger partial charge in [-0.15, -0.1) is 0 Å². The van der Waals surface area contributed by atoms with Crippen molar-refractivity contribution in [3.63, 3.8) is 0 Å². The van der Waals surface area contributed by atoms with Crippen LogP contribution < -0.4 is 11.1 Å². The quantitative estimate of drug-likeness (QED) is 0.766. The molecule has 0 radical (unpaired) electrons. The molecule has 1 atom stereocenters. The Kier molecular flexibility index (Phi) is 2.73. The van der Waals surface area contributed by atoms with Gasteiger partial charge in [0.25, 0.3) is 0 Å². The van der Waals surface area contributed by atoms with E-state index in [2.05, 4.69) is 17.4 Å². The van der Waals surface area contributed by atoms with Gasteiger partial charge in [-0.25, -0.2) is 0 Å². The molecule has 0 aliphatic heterocycles. The Morgan fingerprint density at radius 2 is 2.13 bits per heavy atom. The molecule has 3 nitrogen and oxygen atoms in total. The van der Waals surface area contributed by atoms with Gasteiger partial charge in [-0.2, -0.15) is 0 Å². The molecule has 0 saturated carbocycles. The maximum Gasteiger partial charge on any atom is 0.240 e. The van der Waals surface area contributed by atoms with E-state index in [4.69, 9.17) is 5.73 Å². The van der Waals surface area contributed by atoms with Crippen LogP contribution in [0.1, 0.15) is 24.5 Å². The molecule has 3 N–H and O–H groups in total. The van der Waals surface area contributed by atoms with Crippen LogP contribution in [0, 0.1) is 0 Å². The summed E-state index contributed by atoms with van der Waals surface area (Å²) in [7, 11) is 0. The summed E-state index contributed by atoms with van der Waals surface area (Å²) in [4.78, 5) is 11.4. The number of amides is 1. The standard InChI is InChI=1S/C12H16N2O/c1-8(13)12(15)14-11-6-5-9-3-2-4-10(9)7-11/h5-8H,2-4,13H2,1H3,(H,14,15). The van der Waals surface area contributed by atoms with Crippen LogP contribution >= 0.6 is 0 Å². The van der Waals surface area contributed by atoms with Crippen LogP contribution in [-0.2, 0) is 17.6 Å². The number of rotatable bonds is 2. The molecule has 0 bridgehead atoms. The summed E-state index contributed by atoms with van der Waals surface area (Å²) in [5, 5.41) is 2.81. The van der Waals surface area contributed by atoms with Gasteiger partial charge in [0, 0.05) is 5.69 Å². The van der Waals surface area contributed by atoms with Crippen LogP contribution in [0.2, 0.25) is 0 Å². The molecule has 15 heavy (non-hydrogen) atoms. The number of anilines is 1. The number of carbonyl (C=O) groups excluding carboxylic acids is 1. The molecule has 0 spiro atoms. The maximum absolute atomic E-state index is 11.4. The number of nitrogens with two attached hydrogens (primary N) is 1. The van der Waals surface area contributed by atoms with Gasteiger partial charge in [-0.1, -0.05) is 6.07 Å². The van der Waals surface area contributed by atoms with Crippen molar-refractivity contribution in [1.82, 2.24) is 0 Å². The number of hydrogen-bond acceptors (Lipinski definition) is 2. The zero-order valence-electron chi connectivity index (χ0n) is 8.92. The van der Waals surface area contributed by atoms with Crippen LogP contribution in [0.25, 0.3) is 0 Å². The molecular formula is C12H16N2O. The smallest absolute Gasteiger partial charge is 0.240 e. The molecule has 0 saturated heterocycles. The van der Waals surface area contributed by atoms with Crippen LogP contribution in [0.4, 0.5) is 5.69 Å². The lowest BCUT2D eigenvalue weighted by molar-refractivity contribution is -0.117. The second-order valence-electron chi connectivity index (χ2n) is 4.11. The van der Waals surface area contributed by atoms with Crippen molar-refractivity contribution >= 4 is 11.6 Å². The highest BCUT2D eigenvalue weighted by Gasteiger charge is 2.12. The summed E-state index contributed by atoms with van der Waals surface area (Å²) >= 11 is 0. The van der Waals surface area contributed by atoms with Gasteiger partial charge >= 0.3 is 0 Å². The van der Waals surface area contributed by atoms with Gasteiger partial charge in [0.1, 0.15) is 0 Å². The van der Waals surface area contributed by atoms with Gasteiger partial charge in [0.2, 0.25) is 5.91 Å². The SMILES string of the molecule is CC(N)C(=O)Nc1ccc2c(c1)CCC2. The van der Waals surface area contributed by atoms with Crippen LogP contribution in [-0.4, -0.2) is 11.9 Å². The molecule has 0 aromatic heterocycles. The van der Waals surface area contributed by atoms with E-state index in [1.54, 1.807) is 6.92 Å². The third kappa shape index (κ3) is 2.18. The predicted octanol–water partition coefficient (Wildman–Crippen LogP) is 1.46. The largest absolute Gasteiger partial charge is 0.325 e. The Labute approximate surface area is 89.7 Å². The topological polar surface area (TPSA) is 55.1 Å². The summed E-state index contributed by atoms with van der Waals surface area (Å²) < 4.78 is 0. The van der Waals surface area contributed by atoms with E-state index in [9.17, 15) is 4.79 Å². The minimum atomic E-state index is -0.460. The Balaban J connectivity index is 2.13. The minimum absolute atomic E-state index is 0.132. The molecule has 3 heteroatoms. The Bertz CT molecular complexity index is 385. The zero-order chi connectivity index (χ0) is 10.8. The first-order chi connectivity index (χ1) is 7.16. The summed E-state index contributed by atoms with van der Waals surface area (Å²) in [5.74, 6) is -0.132. The summed E-state index contributed by atoms with van der Waals surface area (Å²) in [6.07, 6.45) is 3.51. The fraction of sp³-hybridized carbons (Fsp3) is 0.417. The van der Waals surface area contributed by atoms with Crippen LogP contribution in [0.15, 0.2) is 18.2 Å². The third-order valence-corrected chi connectivity index (χ3v) is 2.78. The van der Waals surface area contributed by atoms with Crippen LogP contribution in [0.3, 0.4) is 0 Å². The number of fused-ring (bicyclic) bond motifs is 1. The lowest BCUT2D eigenvalue weighted by Crippen LogP contribution is -2.32. The van der Waals surface area contributed by atoms with Gasteiger partial charge in [0.15, 0.2) is 0 Å². The highest BCUT2D eigenvalue weighted by Crippen LogP contribution is 2.24. The molecule has 1 amide bonds. The van der Waals surface area contributed by atoms with Crippen molar-refractivity contribution < 1.29 is 4.79 Å². The second kappa shape index (κ2) is 4.03. The predicted molar refractivity (Wildman–Crippen MR) is 60.7 cm³/mol. The van der Waals surface area contributed by atoms with Crippen molar-refractivity contribution in [2.24, 2.45) is 5.73 Å². The molecule has 1 aliphatic carbocycles. The first-order valence-electron chi connectivity index (χ1n) is 5.35. The van der Waals surface area contributed by atoms with E-state index in [0.29, 0.717) is 0 Å². The van der Waals surface area contributed by atoms with Gasteiger partial charge in [0.05, 0.1) is 6.04 Å². The van der Waals surface area contributed by atoms with Gasteiger partial charge < -0.3 is 11.1 Å². The Morgan fingerprint density at radius 3 is 2.87 bits per heavy atom. The van der Waals surface area contributed by atoms with Crippen molar-refractivity contribution in [2.75, 3.05) is 5.32 Å². The highest BCUT2D eigenvalue weighted by molar-refractivity contribution is 5.94. The second-order valence-corrected chi connectivity index (χ2v) is 4.11. The molecule has 80 valence electrons. The first kappa shape index (κ1) is 10.2.